The smallest absolute Gasteiger partial charge is 0.343 e. The molecule has 1 aromatic carbocycles. The molecule has 2 rings (SSSR count). The molecule has 2 aromatic rings. The van der Waals surface area contributed by atoms with E-state index in [1.807, 2.05) is 0 Å². The van der Waals surface area contributed by atoms with Crippen LogP contribution in [0.4, 0.5) is 10.2 Å². The number of anilines is 1. The molecule has 1 aromatic heterocycles. The summed E-state index contributed by atoms with van der Waals surface area (Å²) in [4.78, 5) is 19.8. The predicted octanol–water partition coefficient (Wildman–Crippen LogP) is 1.88. The summed E-state index contributed by atoms with van der Waals surface area (Å²) in [6.45, 7) is 1.65. The minimum atomic E-state index is -0.572. The molecule has 0 saturated carbocycles. The number of esters is 1. The van der Waals surface area contributed by atoms with Crippen molar-refractivity contribution in [3.63, 3.8) is 0 Å². The van der Waals surface area contributed by atoms with Crippen LogP contribution in [0.1, 0.15) is 27.4 Å². The van der Waals surface area contributed by atoms with E-state index >= 15 is 0 Å². The average molecular weight is 275 g/mol. The molecular formula is C14H14FN3O2. The SMILES string of the molecule is COC(=O)c1c(C)nc(Cc2cccc(F)c2)nc1N. The van der Waals surface area contributed by atoms with Gasteiger partial charge in [0, 0.05) is 6.42 Å². The summed E-state index contributed by atoms with van der Waals surface area (Å²) in [5.41, 5.74) is 7.09. The molecule has 0 aliphatic rings. The van der Waals surface area contributed by atoms with Gasteiger partial charge < -0.3 is 10.5 Å². The van der Waals surface area contributed by atoms with Gasteiger partial charge in [-0.2, -0.15) is 0 Å². The van der Waals surface area contributed by atoms with Gasteiger partial charge in [0.2, 0.25) is 0 Å². The van der Waals surface area contributed by atoms with Gasteiger partial charge in [-0.25, -0.2) is 19.2 Å². The van der Waals surface area contributed by atoms with Crippen molar-refractivity contribution in [1.82, 2.24) is 9.97 Å². The number of hydrogen-bond donors (Lipinski definition) is 1. The zero-order valence-corrected chi connectivity index (χ0v) is 11.2. The molecule has 0 fully saturated rings. The van der Waals surface area contributed by atoms with E-state index in [0.717, 1.165) is 5.56 Å². The van der Waals surface area contributed by atoms with Crippen molar-refractivity contribution >= 4 is 11.8 Å². The molecule has 104 valence electrons. The molecule has 0 atom stereocenters. The Balaban J connectivity index is 2.33. The Bertz CT molecular complexity index is 636. The summed E-state index contributed by atoms with van der Waals surface area (Å²) in [6, 6.07) is 6.16. The monoisotopic (exact) mass is 275 g/mol. The number of ether oxygens (including phenoxy) is 1. The fourth-order valence-electron chi connectivity index (χ4n) is 1.92. The number of rotatable bonds is 3. The number of carbonyl (C=O) groups excluding carboxylic acids is 1. The van der Waals surface area contributed by atoms with Crippen molar-refractivity contribution in [3.05, 3.63) is 52.7 Å². The molecule has 0 unspecified atom stereocenters. The maximum atomic E-state index is 13.1. The lowest BCUT2D eigenvalue weighted by Crippen LogP contribution is -2.13. The lowest BCUT2D eigenvalue weighted by atomic mass is 10.1. The Hall–Kier alpha value is -2.50. The zero-order chi connectivity index (χ0) is 14.7. The minimum Gasteiger partial charge on any atom is -0.465 e. The quantitative estimate of drug-likeness (QED) is 0.865. The number of nitrogens with zero attached hydrogens (tertiary/aromatic N) is 2. The van der Waals surface area contributed by atoms with Crippen LogP contribution in [0.5, 0.6) is 0 Å². The molecule has 6 heteroatoms. The number of hydrogen-bond acceptors (Lipinski definition) is 5. The van der Waals surface area contributed by atoms with Gasteiger partial charge in [0.05, 0.1) is 12.8 Å². The first kappa shape index (κ1) is 13.9. The second kappa shape index (κ2) is 5.64. The summed E-state index contributed by atoms with van der Waals surface area (Å²) >= 11 is 0. The van der Waals surface area contributed by atoms with Crippen LogP contribution >= 0.6 is 0 Å². The number of nitrogens with two attached hydrogens (primary N) is 1. The summed E-state index contributed by atoms with van der Waals surface area (Å²) in [7, 11) is 1.27. The number of methoxy groups -OCH3 is 1. The number of nitrogen functional groups attached to an aromatic ring is 1. The highest BCUT2D eigenvalue weighted by Gasteiger charge is 2.17. The highest BCUT2D eigenvalue weighted by molar-refractivity contribution is 5.95. The van der Waals surface area contributed by atoms with Crippen molar-refractivity contribution in [2.75, 3.05) is 12.8 Å². The standard InChI is InChI=1S/C14H14FN3O2/c1-8-12(14(19)20-2)13(16)18-11(17-8)7-9-4-3-5-10(15)6-9/h3-6H,7H2,1-2H3,(H2,16,17,18). The maximum absolute atomic E-state index is 13.1. The van der Waals surface area contributed by atoms with Gasteiger partial charge in [0.25, 0.3) is 0 Å². The number of aromatic nitrogens is 2. The third kappa shape index (κ3) is 2.90. The van der Waals surface area contributed by atoms with Crippen LogP contribution in [-0.2, 0) is 11.2 Å². The molecular weight excluding hydrogens is 261 g/mol. The van der Waals surface area contributed by atoms with Crippen molar-refractivity contribution < 1.29 is 13.9 Å². The van der Waals surface area contributed by atoms with Gasteiger partial charge in [-0.3, -0.25) is 0 Å². The number of halogens is 1. The molecule has 20 heavy (non-hydrogen) atoms. The van der Waals surface area contributed by atoms with Crippen LogP contribution in [-0.4, -0.2) is 23.0 Å². The largest absolute Gasteiger partial charge is 0.465 e. The summed E-state index contributed by atoms with van der Waals surface area (Å²) < 4.78 is 17.7. The lowest BCUT2D eigenvalue weighted by molar-refractivity contribution is 0.0600. The second-order valence-corrected chi connectivity index (χ2v) is 4.28. The third-order valence-corrected chi connectivity index (χ3v) is 2.81. The molecule has 0 radical (unpaired) electrons. The van der Waals surface area contributed by atoms with Gasteiger partial charge in [0.1, 0.15) is 23.0 Å². The van der Waals surface area contributed by atoms with Crippen molar-refractivity contribution in [2.45, 2.75) is 13.3 Å². The maximum Gasteiger partial charge on any atom is 0.343 e. The van der Waals surface area contributed by atoms with E-state index in [9.17, 15) is 9.18 Å². The van der Waals surface area contributed by atoms with Gasteiger partial charge in [-0.05, 0) is 24.6 Å². The fourth-order valence-corrected chi connectivity index (χ4v) is 1.92. The van der Waals surface area contributed by atoms with Crippen LogP contribution in [0.2, 0.25) is 0 Å². The van der Waals surface area contributed by atoms with Gasteiger partial charge in [0.15, 0.2) is 0 Å². The first-order valence-electron chi connectivity index (χ1n) is 5.97. The topological polar surface area (TPSA) is 78.1 Å². The Kier molecular flexibility index (Phi) is 3.93. The van der Waals surface area contributed by atoms with E-state index < -0.39 is 5.97 Å². The van der Waals surface area contributed by atoms with Crippen molar-refractivity contribution in [3.8, 4) is 0 Å². The molecule has 2 N–H and O–H groups in total. The predicted molar refractivity (Wildman–Crippen MR) is 71.7 cm³/mol. The van der Waals surface area contributed by atoms with Gasteiger partial charge in [-0.1, -0.05) is 12.1 Å². The minimum absolute atomic E-state index is 0.0655. The van der Waals surface area contributed by atoms with E-state index in [0.29, 0.717) is 17.9 Å². The summed E-state index contributed by atoms with van der Waals surface area (Å²) in [6.07, 6.45) is 0.338. The first-order chi connectivity index (χ1) is 9.51. The highest BCUT2D eigenvalue weighted by atomic mass is 19.1. The van der Waals surface area contributed by atoms with Crippen LogP contribution in [0.15, 0.2) is 24.3 Å². The van der Waals surface area contributed by atoms with E-state index in [-0.39, 0.29) is 17.2 Å². The number of benzene rings is 1. The third-order valence-electron chi connectivity index (χ3n) is 2.81. The zero-order valence-electron chi connectivity index (χ0n) is 11.2. The molecule has 0 saturated heterocycles. The molecule has 0 aliphatic carbocycles. The van der Waals surface area contributed by atoms with Crippen LogP contribution in [0, 0.1) is 12.7 Å². The normalized spacial score (nSPS) is 10.3. The van der Waals surface area contributed by atoms with Gasteiger partial charge >= 0.3 is 5.97 Å². The molecule has 0 bridgehead atoms. The first-order valence-corrected chi connectivity index (χ1v) is 5.97. The fraction of sp³-hybridized carbons (Fsp3) is 0.214. The number of carbonyl (C=O) groups is 1. The molecule has 1 heterocycles. The Labute approximate surface area is 115 Å². The average Bonchev–Trinajstić information content (AvgIpc) is 2.37. The van der Waals surface area contributed by atoms with Crippen LogP contribution in [0.3, 0.4) is 0 Å². The Morgan fingerprint density at radius 1 is 1.40 bits per heavy atom. The lowest BCUT2D eigenvalue weighted by Gasteiger charge is -2.08. The molecule has 0 aliphatic heterocycles. The Morgan fingerprint density at radius 2 is 2.15 bits per heavy atom. The summed E-state index contributed by atoms with van der Waals surface area (Å²) in [5, 5.41) is 0. The van der Waals surface area contributed by atoms with Crippen LogP contribution < -0.4 is 5.73 Å². The van der Waals surface area contributed by atoms with E-state index in [1.165, 1.54) is 19.2 Å². The van der Waals surface area contributed by atoms with Crippen molar-refractivity contribution in [2.24, 2.45) is 0 Å². The van der Waals surface area contributed by atoms with Crippen LogP contribution in [0.25, 0.3) is 0 Å². The van der Waals surface area contributed by atoms with Gasteiger partial charge in [-0.15, -0.1) is 0 Å². The number of aryl methyl sites for hydroxylation is 1. The molecule has 0 spiro atoms. The molecule has 0 amide bonds. The Morgan fingerprint density at radius 3 is 2.75 bits per heavy atom. The highest BCUT2D eigenvalue weighted by Crippen LogP contribution is 2.16. The van der Waals surface area contributed by atoms with Crippen molar-refractivity contribution in [1.29, 1.82) is 0 Å². The van der Waals surface area contributed by atoms with E-state index in [4.69, 9.17) is 5.73 Å². The van der Waals surface area contributed by atoms with E-state index in [2.05, 4.69) is 14.7 Å². The van der Waals surface area contributed by atoms with E-state index in [1.54, 1.807) is 19.1 Å². The molecule has 5 nitrogen and oxygen atoms in total. The second-order valence-electron chi connectivity index (χ2n) is 4.28. The summed E-state index contributed by atoms with van der Waals surface area (Å²) in [5.74, 6) is -0.398.